The van der Waals surface area contributed by atoms with E-state index in [1.165, 1.54) is 0 Å². The van der Waals surface area contributed by atoms with Gasteiger partial charge >= 0.3 is 0 Å². The fraction of sp³-hybridized carbons (Fsp3) is 0.267. The van der Waals surface area contributed by atoms with Crippen LogP contribution in [0, 0.1) is 0 Å². The molecule has 1 fully saturated rings. The highest BCUT2D eigenvalue weighted by atomic mass is 35.5. The lowest BCUT2D eigenvalue weighted by Crippen LogP contribution is -2.33. The van der Waals surface area contributed by atoms with Crippen LogP contribution in [0.15, 0.2) is 35.0 Å². The van der Waals surface area contributed by atoms with Gasteiger partial charge in [0.2, 0.25) is 0 Å². The van der Waals surface area contributed by atoms with Crippen molar-refractivity contribution >= 4 is 34.5 Å². The third-order valence-electron chi connectivity index (χ3n) is 3.55. The fourth-order valence-electron chi connectivity index (χ4n) is 2.31. The van der Waals surface area contributed by atoms with E-state index in [4.69, 9.17) is 17.4 Å². The molecule has 1 aromatic heterocycles. The first-order chi connectivity index (χ1) is 10.2. The van der Waals surface area contributed by atoms with Crippen LogP contribution in [-0.4, -0.2) is 16.8 Å². The Morgan fingerprint density at radius 1 is 1.43 bits per heavy atom. The molecule has 3 rings (SSSR count). The van der Waals surface area contributed by atoms with Gasteiger partial charge in [-0.2, -0.15) is 11.3 Å². The maximum Gasteiger partial charge on any atom is 0.256 e. The van der Waals surface area contributed by atoms with Crippen molar-refractivity contribution in [2.45, 2.75) is 25.4 Å². The molecule has 1 heterocycles. The van der Waals surface area contributed by atoms with Crippen LogP contribution in [0.3, 0.4) is 0 Å². The summed E-state index contributed by atoms with van der Waals surface area (Å²) in [5.74, 6) is 5.48. The molecule has 0 atom stereocenters. The predicted molar refractivity (Wildman–Crippen MR) is 86.5 cm³/mol. The zero-order chi connectivity index (χ0) is 14.8. The Hall–Kier alpha value is -1.56. The average Bonchev–Trinajstić information content (AvgIpc) is 3.20. The van der Waals surface area contributed by atoms with Crippen LogP contribution in [0.2, 0.25) is 5.02 Å². The molecule has 0 unspecified atom stereocenters. The molecule has 0 aliphatic heterocycles. The van der Waals surface area contributed by atoms with Crippen LogP contribution < -0.4 is 11.3 Å². The number of nitrogens with one attached hydrogen (secondary N) is 1. The van der Waals surface area contributed by atoms with Crippen molar-refractivity contribution in [3.8, 4) is 0 Å². The van der Waals surface area contributed by atoms with E-state index in [1.807, 2.05) is 16.3 Å². The highest BCUT2D eigenvalue weighted by Crippen LogP contribution is 2.32. The van der Waals surface area contributed by atoms with Crippen LogP contribution in [0.1, 0.15) is 28.8 Å². The molecular weight excluding hydrogens is 306 g/mol. The summed E-state index contributed by atoms with van der Waals surface area (Å²) < 4.78 is 0. The quantitative estimate of drug-likeness (QED) is 0.654. The first-order valence-electron chi connectivity index (χ1n) is 6.77. The first-order valence-corrected chi connectivity index (χ1v) is 8.09. The largest absolute Gasteiger partial charge is 0.331 e. The topological polar surface area (TPSA) is 58.4 Å². The molecule has 1 aromatic carbocycles. The van der Waals surface area contributed by atoms with Gasteiger partial charge < -0.3 is 10.3 Å². The van der Waals surface area contributed by atoms with Crippen molar-refractivity contribution in [1.82, 2.24) is 4.90 Å². The number of halogens is 1. The molecule has 110 valence electrons. The number of rotatable bonds is 5. The molecule has 4 nitrogen and oxygen atoms in total. The summed E-state index contributed by atoms with van der Waals surface area (Å²) in [5, 5.41) is 4.63. The molecule has 21 heavy (non-hydrogen) atoms. The van der Waals surface area contributed by atoms with Gasteiger partial charge in [0.25, 0.3) is 5.91 Å². The number of nitrogens with two attached hydrogens (primary N) is 1. The number of anilines is 1. The van der Waals surface area contributed by atoms with E-state index < -0.39 is 0 Å². The molecule has 0 spiro atoms. The first kappa shape index (κ1) is 14.4. The molecule has 0 saturated heterocycles. The number of hydrogen-bond donors (Lipinski definition) is 2. The van der Waals surface area contributed by atoms with Crippen molar-refractivity contribution in [1.29, 1.82) is 0 Å². The smallest absolute Gasteiger partial charge is 0.256 e. The maximum atomic E-state index is 12.9. The SMILES string of the molecule is NNc1ccc(Cl)cc1C(=O)N(Cc1ccsc1)C1CC1. The van der Waals surface area contributed by atoms with Gasteiger partial charge in [0.1, 0.15) is 0 Å². The third kappa shape index (κ3) is 3.20. The van der Waals surface area contributed by atoms with Crippen molar-refractivity contribution < 1.29 is 4.79 Å². The summed E-state index contributed by atoms with van der Waals surface area (Å²) in [4.78, 5) is 14.8. The Bertz CT molecular complexity index is 640. The standard InChI is InChI=1S/C15H16ClN3OS/c16-11-1-4-14(18-17)13(7-11)15(20)19(12-2-3-12)8-10-5-6-21-9-10/h1,4-7,9,12,18H,2-3,8,17H2. The van der Waals surface area contributed by atoms with Crippen LogP contribution in [0.5, 0.6) is 0 Å². The van der Waals surface area contributed by atoms with Crippen LogP contribution in [0.4, 0.5) is 5.69 Å². The number of thiophene rings is 1. The van der Waals surface area contributed by atoms with E-state index in [9.17, 15) is 4.79 Å². The number of hydrogen-bond acceptors (Lipinski definition) is 4. The highest BCUT2D eigenvalue weighted by molar-refractivity contribution is 7.07. The van der Waals surface area contributed by atoms with E-state index >= 15 is 0 Å². The highest BCUT2D eigenvalue weighted by Gasteiger charge is 2.34. The predicted octanol–water partition coefficient (Wildman–Crippen LogP) is 3.49. The Kier molecular flexibility index (Phi) is 4.14. The third-order valence-corrected chi connectivity index (χ3v) is 4.52. The lowest BCUT2D eigenvalue weighted by molar-refractivity contribution is 0.0731. The molecule has 2 aromatic rings. The molecule has 1 amide bonds. The number of nitrogen functional groups attached to an aromatic ring is 1. The number of nitrogens with zero attached hydrogens (tertiary/aromatic N) is 1. The molecule has 0 radical (unpaired) electrons. The van der Waals surface area contributed by atoms with E-state index in [2.05, 4.69) is 10.8 Å². The average molecular weight is 322 g/mol. The van der Waals surface area contributed by atoms with Crippen molar-refractivity contribution in [2.24, 2.45) is 5.84 Å². The molecule has 3 N–H and O–H groups in total. The van der Waals surface area contributed by atoms with E-state index in [1.54, 1.807) is 29.5 Å². The molecule has 1 aliphatic rings. The molecule has 1 aliphatic carbocycles. The lowest BCUT2D eigenvalue weighted by Gasteiger charge is -2.23. The molecular formula is C15H16ClN3OS. The minimum atomic E-state index is -0.0286. The zero-order valence-corrected chi connectivity index (χ0v) is 13.0. The van der Waals surface area contributed by atoms with Crippen LogP contribution in [0.25, 0.3) is 0 Å². The van der Waals surface area contributed by atoms with Gasteiger partial charge in [-0.3, -0.25) is 10.6 Å². The van der Waals surface area contributed by atoms with E-state index in [-0.39, 0.29) is 5.91 Å². The Morgan fingerprint density at radius 2 is 2.24 bits per heavy atom. The van der Waals surface area contributed by atoms with Gasteiger partial charge in [0, 0.05) is 17.6 Å². The second-order valence-electron chi connectivity index (χ2n) is 5.13. The summed E-state index contributed by atoms with van der Waals surface area (Å²) >= 11 is 7.66. The lowest BCUT2D eigenvalue weighted by atomic mass is 10.1. The minimum absolute atomic E-state index is 0.0286. The summed E-state index contributed by atoms with van der Waals surface area (Å²) in [5.41, 5.74) is 4.85. The number of hydrazine groups is 1. The Morgan fingerprint density at radius 3 is 2.86 bits per heavy atom. The summed E-state index contributed by atoms with van der Waals surface area (Å²) in [7, 11) is 0. The number of carbonyl (C=O) groups excluding carboxylic acids is 1. The van der Waals surface area contributed by atoms with Crippen LogP contribution >= 0.6 is 22.9 Å². The fourth-order valence-corrected chi connectivity index (χ4v) is 3.14. The van der Waals surface area contributed by atoms with Gasteiger partial charge in [-0.1, -0.05) is 11.6 Å². The van der Waals surface area contributed by atoms with Crippen molar-refractivity contribution in [3.63, 3.8) is 0 Å². The molecule has 0 bridgehead atoms. The minimum Gasteiger partial charge on any atom is -0.331 e. The maximum absolute atomic E-state index is 12.9. The second kappa shape index (κ2) is 6.05. The summed E-state index contributed by atoms with van der Waals surface area (Å²) in [6.07, 6.45) is 2.11. The zero-order valence-electron chi connectivity index (χ0n) is 11.4. The van der Waals surface area contributed by atoms with Crippen LogP contribution in [-0.2, 0) is 6.54 Å². The van der Waals surface area contributed by atoms with Gasteiger partial charge in [0.05, 0.1) is 11.3 Å². The summed E-state index contributed by atoms with van der Waals surface area (Å²) in [6.45, 7) is 0.628. The van der Waals surface area contributed by atoms with Gasteiger partial charge in [0.15, 0.2) is 0 Å². The molecule has 6 heteroatoms. The van der Waals surface area contributed by atoms with E-state index in [0.29, 0.717) is 28.9 Å². The van der Waals surface area contributed by atoms with Gasteiger partial charge in [-0.25, -0.2) is 0 Å². The van der Waals surface area contributed by atoms with Gasteiger partial charge in [-0.05, 0) is 53.4 Å². The number of amides is 1. The normalized spacial score (nSPS) is 14.0. The summed E-state index contributed by atoms with van der Waals surface area (Å²) in [6, 6.07) is 7.48. The van der Waals surface area contributed by atoms with Crippen molar-refractivity contribution in [2.75, 3.05) is 5.43 Å². The second-order valence-corrected chi connectivity index (χ2v) is 6.35. The Balaban J connectivity index is 1.89. The monoisotopic (exact) mass is 321 g/mol. The van der Waals surface area contributed by atoms with E-state index in [0.717, 1.165) is 18.4 Å². The molecule has 1 saturated carbocycles. The Labute approximate surface area is 132 Å². The number of benzene rings is 1. The van der Waals surface area contributed by atoms with Crippen molar-refractivity contribution in [3.05, 3.63) is 51.2 Å². The van der Waals surface area contributed by atoms with Gasteiger partial charge in [-0.15, -0.1) is 0 Å². The number of carbonyl (C=O) groups is 1.